The third-order valence-electron chi connectivity index (χ3n) is 6.58. The molecule has 1 aromatic carbocycles. The van der Waals surface area contributed by atoms with E-state index in [2.05, 4.69) is 10.6 Å². The standard InChI is InChI=1S/C24H27ClF2N2O5S/c25-21-16(12-1-2-12)11-18(35-21)23(31)29-10-9-28-22(30)15-7-8-17(20(27)19(15)26)34-14-5-3-13(4-6-14)24(32)33/h7-8,12-14,18H,1-6,9-11H2,(H,28,30)(H,29,31)(H,32,33). The molecule has 1 aliphatic heterocycles. The molecule has 0 spiro atoms. The predicted molar refractivity (Wildman–Crippen MR) is 127 cm³/mol. The highest BCUT2D eigenvalue weighted by molar-refractivity contribution is 8.06. The van der Waals surface area contributed by atoms with Gasteiger partial charge in [-0.1, -0.05) is 11.6 Å². The average molecular weight is 529 g/mol. The second-order valence-electron chi connectivity index (χ2n) is 9.10. The number of thioether (sulfide) groups is 1. The predicted octanol–water partition coefficient (Wildman–Crippen LogP) is 4.20. The Hall–Kier alpha value is -2.33. The number of carboxylic acids is 1. The molecule has 3 aliphatic rings. The van der Waals surface area contributed by atoms with Crippen molar-refractivity contribution in [3.8, 4) is 5.75 Å². The molecule has 0 radical (unpaired) electrons. The summed E-state index contributed by atoms with van der Waals surface area (Å²) in [6, 6.07) is 2.34. The fourth-order valence-electron chi connectivity index (χ4n) is 4.40. The summed E-state index contributed by atoms with van der Waals surface area (Å²) >= 11 is 7.59. The van der Waals surface area contributed by atoms with E-state index in [1.807, 2.05) is 0 Å². The quantitative estimate of drug-likeness (QED) is 0.415. The first-order valence-corrected chi connectivity index (χ1v) is 13.0. The molecule has 190 valence electrons. The summed E-state index contributed by atoms with van der Waals surface area (Å²) in [4.78, 5) is 35.7. The number of hydrogen-bond donors (Lipinski definition) is 3. The molecule has 3 N–H and O–H groups in total. The van der Waals surface area contributed by atoms with Crippen molar-refractivity contribution in [3.05, 3.63) is 39.3 Å². The molecule has 7 nitrogen and oxygen atoms in total. The summed E-state index contributed by atoms with van der Waals surface area (Å²) in [6.07, 6.45) is 4.12. The van der Waals surface area contributed by atoms with Gasteiger partial charge >= 0.3 is 5.97 Å². The average Bonchev–Trinajstić information content (AvgIpc) is 3.60. The molecule has 11 heteroatoms. The highest BCUT2D eigenvalue weighted by Crippen LogP contribution is 2.50. The first-order valence-electron chi connectivity index (χ1n) is 11.7. The molecule has 0 bridgehead atoms. The highest BCUT2D eigenvalue weighted by atomic mass is 35.5. The van der Waals surface area contributed by atoms with Crippen molar-refractivity contribution < 1.29 is 33.0 Å². The third kappa shape index (κ3) is 6.27. The van der Waals surface area contributed by atoms with Gasteiger partial charge in [-0.3, -0.25) is 14.4 Å². The van der Waals surface area contributed by atoms with Gasteiger partial charge in [0, 0.05) is 13.1 Å². The number of nitrogens with one attached hydrogen (secondary N) is 2. The Morgan fingerprint density at radius 2 is 1.71 bits per heavy atom. The summed E-state index contributed by atoms with van der Waals surface area (Å²) < 4.78 is 35.3. The minimum absolute atomic E-state index is 0.0464. The minimum Gasteiger partial charge on any atom is -0.487 e. The zero-order chi connectivity index (χ0) is 25.1. The van der Waals surface area contributed by atoms with Crippen LogP contribution in [0, 0.1) is 23.5 Å². The number of carbonyl (C=O) groups excluding carboxylic acids is 2. The zero-order valence-corrected chi connectivity index (χ0v) is 20.5. The molecule has 35 heavy (non-hydrogen) atoms. The Labute approximate surface area is 211 Å². The summed E-state index contributed by atoms with van der Waals surface area (Å²) in [6.45, 7) is 0.188. The van der Waals surface area contributed by atoms with E-state index in [0.29, 0.717) is 42.4 Å². The van der Waals surface area contributed by atoms with Crippen molar-refractivity contribution in [1.82, 2.24) is 10.6 Å². The molecule has 1 atom stereocenters. The van der Waals surface area contributed by atoms with Crippen molar-refractivity contribution in [2.45, 2.75) is 56.3 Å². The monoisotopic (exact) mass is 528 g/mol. The first kappa shape index (κ1) is 25.8. The van der Waals surface area contributed by atoms with Crippen LogP contribution in [0.2, 0.25) is 0 Å². The Bertz CT molecular complexity index is 1040. The van der Waals surface area contributed by atoms with E-state index in [1.165, 1.54) is 17.8 Å². The van der Waals surface area contributed by atoms with Crippen molar-refractivity contribution >= 4 is 41.1 Å². The van der Waals surface area contributed by atoms with Gasteiger partial charge in [-0.2, -0.15) is 4.39 Å². The second-order valence-corrected chi connectivity index (χ2v) is 10.9. The molecule has 1 heterocycles. The number of amides is 2. The summed E-state index contributed by atoms with van der Waals surface area (Å²) in [5.41, 5.74) is 0.690. The van der Waals surface area contributed by atoms with Gasteiger partial charge in [0.2, 0.25) is 11.7 Å². The van der Waals surface area contributed by atoms with E-state index in [4.69, 9.17) is 21.4 Å². The first-order chi connectivity index (χ1) is 16.7. The lowest BCUT2D eigenvalue weighted by molar-refractivity contribution is -0.143. The number of carboxylic acid groups (broad SMARTS) is 1. The SMILES string of the molecule is O=C(NCCNC(=O)C1CC(C2CC2)=C(Cl)S1)c1ccc(OC2CCC(C(=O)O)CC2)c(F)c1F. The Morgan fingerprint density at radius 3 is 2.37 bits per heavy atom. The normalized spacial score (nSPS) is 24.3. The van der Waals surface area contributed by atoms with Crippen LogP contribution in [0.3, 0.4) is 0 Å². The molecule has 2 aliphatic carbocycles. The summed E-state index contributed by atoms with van der Waals surface area (Å²) in [5, 5.41) is 14.0. The van der Waals surface area contributed by atoms with Crippen LogP contribution in [0.4, 0.5) is 8.78 Å². The molecule has 1 aromatic rings. The van der Waals surface area contributed by atoms with E-state index in [-0.39, 0.29) is 30.0 Å². The molecule has 4 rings (SSSR count). The van der Waals surface area contributed by atoms with Crippen LogP contribution in [0.5, 0.6) is 5.75 Å². The fourth-order valence-corrected chi connectivity index (χ4v) is 6.06. The maximum Gasteiger partial charge on any atom is 0.306 e. The van der Waals surface area contributed by atoms with Crippen LogP contribution in [0.25, 0.3) is 0 Å². The number of halogens is 3. The second kappa shape index (κ2) is 11.2. The van der Waals surface area contributed by atoms with Crippen molar-refractivity contribution in [2.24, 2.45) is 11.8 Å². The largest absolute Gasteiger partial charge is 0.487 e. The Morgan fingerprint density at radius 1 is 1.03 bits per heavy atom. The topological polar surface area (TPSA) is 105 Å². The van der Waals surface area contributed by atoms with Crippen LogP contribution >= 0.6 is 23.4 Å². The molecule has 0 saturated heterocycles. The van der Waals surface area contributed by atoms with Gasteiger partial charge in [-0.15, -0.1) is 11.8 Å². The smallest absolute Gasteiger partial charge is 0.306 e. The van der Waals surface area contributed by atoms with Crippen molar-refractivity contribution in [2.75, 3.05) is 13.1 Å². The number of ether oxygens (including phenoxy) is 1. The fraction of sp³-hybridized carbons (Fsp3) is 0.542. The van der Waals surface area contributed by atoms with Crippen LogP contribution in [0.15, 0.2) is 22.1 Å². The highest BCUT2D eigenvalue weighted by Gasteiger charge is 2.37. The summed E-state index contributed by atoms with van der Waals surface area (Å²) in [5.74, 6) is -4.67. The maximum absolute atomic E-state index is 14.5. The van der Waals surface area contributed by atoms with E-state index < -0.39 is 41.1 Å². The van der Waals surface area contributed by atoms with Gasteiger partial charge in [0.1, 0.15) is 0 Å². The molecule has 2 amide bonds. The van der Waals surface area contributed by atoms with Crippen LogP contribution in [-0.4, -0.2) is 47.3 Å². The molecule has 2 fully saturated rings. The molecular weight excluding hydrogens is 502 g/mol. The maximum atomic E-state index is 14.5. The minimum atomic E-state index is -1.32. The van der Waals surface area contributed by atoms with Crippen LogP contribution < -0.4 is 15.4 Å². The molecule has 0 aromatic heterocycles. The van der Waals surface area contributed by atoms with Gasteiger partial charge in [-0.25, -0.2) is 4.39 Å². The van der Waals surface area contributed by atoms with Gasteiger partial charge < -0.3 is 20.5 Å². The van der Waals surface area contributed by atoms with E-state index in [1.54, 1.807) is 0 Å². The lowest BCUT2D eigenvalue weighted by Gasteiger charge is -2.27. The number of allylic oxidation sites excluding steroid dienone is 1. The Balaban J connectivity index is 1.22. The van der Waals surface area contributed by atoms with Crippen molar-refractivity contribution in [3.63, 3.8) is 0 Å². The zero-order valence-electron chi connectivity index (χ0n) is 19.0. The molecule has 2 saturated carbocycles. The number of hydrogen-bond acceptors (Lipinski definition) is 5. The van der Waals surface area contributed by atoms with Gasteiger partial charge in [-0.05, 0) is 68.6 Å². The lowest BCUT2D eigenvalue weighted by atomic mass is 9.87. The van der Waals surface area contributed by atoms with Crippen molar-refractivity contribution in [1.29, 1.82) is 0 Å². The van der Waals surface area contributed by atoms with Crippen LogP contribution in [0.1, 0.15) is 55.3 Å². The molecule has 1 unspecified atom stereocenters. The number of benzene rings is 1. The van der Waals surface area contributed by atoms with E-state index in [0.717, 1.165) is 24.5 Å². The summed E-state index contributed by atoms with van der Waals surface area (Å²) in [7, 11) is 0. The Kier molecular flexibility index (Phi) is 8.21. The van der Waals surface area contributed by atoms with E-state index >= 15 is 0 Å². The van der Waals surface area contributed by atoms with Gasteiger partial charge in [0.05, 0.1) is 27.2 Å². The van der Waals surface area contributed by atoms with E-state index in [9.17, 15) is 23.2 Å². The van der Waals surface area contributed by atoms with Crippen LogP contribution in [-0.2, 0) is 9.59 Å². The number of aliphatic carboxylic acids is 1. The number of rotatable bonds is 9. The third-order valence-corrected chi connectivity index (χ3v) is 8.23. The lowest BCUT2D eigenvalue weighted by Crippen LogP contribution is -2.38. The van der Waals surface area contributed by atoms with Gasteiger partial charge in [0.25, 0.3) is 5.91 Å². The van der Waals surface area contributed by atoms with Gasteiger partial charge in [0.15, 0.2) is 11.6 Å². The molecular formula is C24H27ClF2N2O5S. The number of carbonyl (C=O) groups is 3.